The maximum absolute atomic E-state index is 15.4. The summed E-state index contributed by atoms with van der Waals surface area (Å²) < 4.78 is 129. The summed E-state index contributed by atoms with van der Waals surface area (Å²) in [6.07, 6.45) is -4.58. The SMILES string of the molecule is Cn1nc(N)c2c(Cl)ccc(-c3ccc(C#CC(C)(C)S(=O)(=O)C4CC4)nc3[C@H](Cc3cc(F)cc(F)c3)NC(=O)Cn3nc(C(F)(F)F)c4c3C(F)(F)[C@@H]3CC43)c21. The molecule has 3 aromatic heterocycles. The predicted octanol–water partition coefficient (Wildman–Crippen LogP) is 7.38. The smallest absolute Gasteiger partial charge is 0.382 e. The third-order valence-corrected chi connectivity index (χ3v) is 14.1. The third kappa shape index (κ3) is 6.75. The van der Waals surface area contributed by atoms with Crippen molar-refractivity contribution in [3.05, 3.63) is 93.0 Å². The molecule has 304 valence electrons. The number of nitrogen functional groups attached to an aromatic ring is 1. The molecule has 0 spiro atoms. The Labute approximate surface area is 331 Å². The van der Waals surface area contributed by atoms with Crippen molar-refractivity contribution in [3.8, 4) is 23.0 Å². The highest BCUT2D eigenvalue weighted by Gasteiger charge is 2.68. The van der Waals surface area contributed by atoms with Crippen molar-refractivity contribution in [2.75, 3.05) is 5.73 Å². The van der Waals surface area contributed by atoms with E-state index in [1.807, 2.05) is 0 Å². The summed E-state index contributed by atoms with van der Waals surface area (Å²) in [4.78, 5) is 18.7. The number of aromatic nitrogens is 5. The number of benzene rings is 2. The van der Waals surface area contributed by atoms with Gasteiger partial charge >= 0.3 is 6.18 Å². The van der Waals surface area contributed by atoms with Crippen LogP contribution in [0.15, 0.2) is 42.5 Å². The minimum absolute atomic E-state index is 0.00400. The number of rotatable bonds is 9. The summed E-state index contributed by atoms with van der Waals surface area (Å²) in [5, 5.41) is 10.5. The summed E-state index contributed by atoms with van der Waals surface area (Å²) in [6.45, 7) is 1.85. The van der Waals surface area contributed by atoms with Gasteiger partial charge in [-0.2, -0.15) is 32.1 Å². The Balaban J connectivity index is 1.27. The molecule has 1 unspecified atom stereocenters. The van der Waals surface area contributed by atoms with Gasteiger partial charge in [0.25, 0.3) is 5.92 Å². The van der Waals surface area contributed by atoms with E-state index in [0.717, 1.165) is 12.1 Å². The number of aryl methyl sites for hydroxylation is 1. The van der Waals surface area contributed by atoms with Crippen molar-refractivity contribution in [1.82, 2.24) is 29.9 Å². The second kappa shape index (κ2) is 13.4. The highest BCUT2D eigenvalue weighted by molar-refractivity contribution is 7.93. The predicted molar refractivity (Wildman–Crippen MR) is 199 cm³/mol. The summed E-state index contributed by atoms with van der Waals surface area (Å²) in [5.41, 5.74) is 4.24. The minimum Gasteiger partial charge on any atom is -0.382 e. The standard InChI is InChI=1S/C39H33ClF7N7O3S/c1-37(2,58(56,57)22-5-6-22)11-10-21-4-7-23(24-8-9-27(40)31-33(24)53(3)52-36(31)48)32(49-21)28(14-18-12-19(41)15-20(42)13-18)50-29(55)17-54-35-30(34(51-54)39(45,46)47)25-16-26(25)38(35,43)44/h4,7-9,12-13,15,22,25-26,28H,5-6,14,16-17H2,1-3H3,(H2,48,52)(H,50,55)/t25?,26-,28+/m1/s1. The van der Waals surface area contributed by atoms with Crippen molar-refractivity contribution in [2.45, 2.75) is 80.1 Å². The monoisotopic (exact) mass is 847 g/mol. The van der Waals surface area contributed by atoms with E-state index in [2.05, 4.69) is 27.4 Å². The average molecular weight is 848 g/mol. The summed E-state index contributed by atoms with van der Waals surface area (Å²) in [7, 11) is -2.06. The zero-order valence-electron chi connectivity index (χ0n) is 30.9. The number of hydrogen-bond acceptors (Lipinski definition) is 7. The van der Waals surface area contributed by atoms with E-state index in [1.54, 1.807) is 19.2 Å². The summed E-state index contributed by atoms with van der Waals surface area (Å²) >= 11 is 6.52. The molecule has 19 heteroatoms. The van der Waals surface area contributed by atoms with Crippen molar-refractivity contribution in [2.24, 2.45) is 13.0 Å². The fourth-order valence-corrected chi connectivity index (χ4v) is 9.93. The Morgan fingerprint density at radius 2 is 1.74 bits per heavy atom. The van der Waals surface area contributed by atoms with Gasteiger partial charge in [0.05, 0.1) is 32.9 Å². The largest absolute Gasteiger partial charge is 0.435 e. The molecular formula is C39H33ClF7N7O3S. The average Bonchev–Trinajstić information content (AvgIpc) is 4.04. The number of anilines is 1. The van der Waals surface area contributed by atoms with Gasteiger partial charge in [-0.1, -0.05) is 23.6 Å². The topological polar surface area (TPSA) is 138 Å². The van der Waals surface area contributed by atoms with Crippen LogP contribution in [-0.2, 0) is 46.7 Å². The van der Waals surface area contributed by atoms with Gasteiger partial charge in [-0.05, 0) is 87.3 Å². The molecule has 3 heterocycles. The van der Waals surface area contributed by atoms with Gasteiger partial charge in [-0.3, -0.25) is 14.2 Å². The molecule has 3 atom stereocenters. The van der Waals surface area contributed by atoms with Gasteiger partial charge in [-0.15, -0.1) is 0 Å². The number of nitrogens with two attached hydrogens (primary N) is 1. The highest BCUT2D eigenvalue weighted by Crippen LogP contribution is 2.68. The second-order valence-corrected chi connectivity index (χ2v) is 18.6. The number of fused-ring (bicyclic) bond motifs is 4. The molecule has 0 aliphatic heterocycles. The highest BCUT2D eigenvalue weighted by atomic mass is 35.5. The lowest BCUT2D eigenvalue weighted by atomic mass is 9.93. The van der Waals surface area contributed by atoms with Crippen LogP contribution >= 0.6 is 11.6 Å². The van der Waals surface area contributed by atoms with Gasteiger partial charge in [0, 0.05) is 35.7 Å². The molecule has 3 aliphatic carbocycles. The Morgan fingerprint density at radius 1 is 1.07 bits per heavy atom. The number of sulfone groups is 1. The van der Waals surface area contributed by atoms with Crippen LogP contribution in [0.5, 0.6) is 0 Å². The number of carbonyl (C=O) groups excluding carboxylic acids is 1. The van der Waals surface area contributed by atoms with Crippen molar-refractivity contribution in [3.63, 3.8) is 0 Å². The molecule has 5 aromatic rings. The first-order valence-corrected chi connectivity index (χ1v) is 20.0. The molecule has 2 fully saturated rings. The number of pyridine rings is 1. The van der Waals surface area contributed by atoms with E-state index in [4.69, 9.17) is 22.3 Å². The molecule has 3 N–H and O–H groups in total. The van der Waals surface area contributed by atoms with Crippen LogP contribution < -0.4 is 11.1 Å². The first-order valence-electron chi connectivity index (χ1n) is 18.1. The molecule has 0 bridgehead atoms. The number of nitrogens with zero attached hydrogens (tertiary/aromatic N) is 5. The molecule has 0 saturated heterocycles. The van der Waals surface area contributed by atoms with E-state index >= 15 is 8.78 Å². The van der Waals surface area contributed by atoms with E-state index in [-0.39, 0.29) is 46.2 Å². The first-order chi connectivity index (χ1) is 27.1. The van der Waals surface area contributed by atoms with Gasteiger partial charge in [0.2, 0.25) is 5.91 Å². The fourth-order valence-electron chi connectivity index (χ4n) is 7.89. The van der Waals surface area contributed by atoms with E-state index in [1.165, 1.54) is 30.7 Å². The van der Waals surface area contributed by atoms with Crippen LogP contribution in [0.1, 0.15) is 79.0 Å². The quantitative estimate of drug-likeness (QED) is 0.117. The lowest BCUT2D eigenvalue weighted by molar-refractivity contribution is -0.142. The molecule has 0 radical (unpaired) electrons. The minimum atomic E-state index is -5.07. The van der Waals surface area contributed by atoms with Crippen molar-refractivity contribution >= 4 is 44.1 Å². The maximum Gasteiger partial charge on any atom is 0.435 e. The zero-order valence-corrected chi connectivity index (χ0v) is 32.4. The van der Waals surface area contributed by atoms with Crippen LogP contribution in [0.3, 0.4) is 0 Å². The van der Waals surface area contributed by atoms with Crippen LogP contribution in [0.25, 0.3) is 22.0 Å². The van der Waals surface area contributed by atoms with Crippen LogP contribution in [0, 0.1) is 29.4 Å². The molecule has 1 amide bonds. The van der Waals surface area contributed by atoms with E-state index < -0.39 is 90.8 Å². The number of carbonyl (C=O) groups is 1. The normalized spacial score (nSPS) is 19.0. The molecule has 8 rings (SSSR count). The number of halogens is 8. The van der Waals surface area contributed by atoms with Crippen LogP contribution in [0.2, 0.25) is 5.02 Å². The Bertz CT molecular complexity index is 2710. The molecule has 58 heavy (non-hydrogen) atoms. The van der Waals surface area contributed by atoms with Crippen molar-refractivity contribution in [1.29, 1.82) is 0 Å². The molecule has 10 nitrogen and oxygen atoms in total. The molecule has 2 aromatic carbocycles. The lowest BCUT2D eigenvalue weighted by Gasteiger charge is -2.23. The Hall–Kier alpha value is -5.15. The Kier molecular flexibility index (Phi) is 9.20. The zero-order chi connectivity index (χ0) is 41.9. The fraction of sp³-hybridized carbons (Fsp3) is 0.385. The third-order valence-electron chi connectivity index (χ3n) is 10.9. The van der Waals surface area contributed by atoms with Gasteiger partial charge in [-0.25, -0.2) is 22.2 Å². The maximum atomic E-state index is 15.4. The van der Waals surface area contributed by atoms with Gasteiger partial charge in [0.1, 0.15) is 34.3 Å². The van der Waals surface area contributed by atoms with Crippen LogP contribution in [0.4, 0.5) is 36.6 Å². The number of alkyl halides is 5. The summed E-state index contributed by atoms with van der Waals surface area (Å²) in [5.74, 6) is -3.37. The first kappa shape index (κ1) is 39.7. The summed E-state index contributed by atoms with van der Waals surface area (Å²) in [6, 6.07) is 7.47. The van der Waals surface area contributed by atoms with E-state index in [9.17, 15) is 35.2 Å². The lowest BCUT2D eigenvalue weighted by Crippen LogP contribution is -2.35. The number of nitrogens with one attached hydrogen (secondary N) is 1. The number of hydrogen-bond donors (Lipinski definition) is 2. The van der Waals surface area contributed by atoms with Crippen molar-refractivity contribution < 1.29 is 43.9 Å². The van der Waals surface area contributed by atoms with E-state index in [0.29, 0.717) is 40.1 Å². The molecular weight excluding hydrogens is 815 g/mol. The Morgan fingerprint density at radius 3 is 2.40 bits per heavy atom. The molecule has 3 aliphatic rings. The van der Waals surface area contributed by atoms with Crippen LogP contribution in [-0.4, -0.2) is 48.9 Å². The van der Waals surface area contributed by atoms with Gasteiger partial charge < -0.3 is 11.1 Å². The number of amides is 1. The second-order valence-electron chi connectivity index (χ2n) is 15.4. The molecule has 2 saturated carbocycles. The van der Waals surface area contributed by atoms with Gasteiger partial charge in [0.15, 0.2) is 21.3 Å².